The summed E-state index contributed by atoms with van der Waals surface area (Å²) in [4.78, 5) is 0. The van der Waals surface area contributed by atoms with Crippen LogP contribution in [0.25, 0.3) is 0 Å². The van der Waals surface area contributed by atoms with Crippen molar-refractivity contribution in [3.8, 4) is 11.5 Å². The number of unbranched alkanes of at least 4 members (excludes halogenated alkanes) is 1. The van der Waals surface area contributed by atoms with Crippen LogP contribution in [0.1, 0.15) is 39.5 Å². The maximum atomic E-state index is 13.4. The molecule has 0 radical (unpaired) electrons. The van der Waals surface area contributed by atoms with Gasteiger partial charge in [-0.05, 0) is 12.3 Å². The summed E-state index contributed by atoms with van der Waals surface area (Å²) in [6, 6.07) is 2.75. The molecular weight excluding hydrogens is 245 g/mol. The molecule has 0 aliphatic carbocycles. The Hall–Kier alpha value is -1.45. The van der Waals surface area contributed by atoms with Gasteiger partial charge in [0.1, 0.15) is 5.75 Å². The summed E-state index contributed by atoms with van der Waals surface area (Å²) in [7, 11) is 1.43. The van der Waals surface area contributed by atoms with Crippen molar-refractivity contribution in [2.75, 3.05) is 19.5 Å². The zero-order valence-corrected chi connectivity index (χ0v) is 12.0. The fraction of sp³-hybridized carbons (Fsp3) is 0.600. The average Bonchev–Trinajstić information content (AvgIpc) is 2.41. The van der Waals surface area contributed by atoms with Crippen LogP contribution in [0.5, 0.6) is 11.5 Å². The number of nitrogen functional groups attached to an aromatic ring is 1. The SMILES string of the molecule is CCCCC(CC)COc1cc(OC)c(F)cc1N. The summed E-state index contributed by atoms with van der Waals surface area (Å²) in [6.45, 7) is 4.93. The second-order valence-corrected chi connectivity index (χ2v) is 4.75. The van der Waals surface area contributed by atoms with E-state index in [0.717, 1.165) is 12.8 Å². The third-order valence-electron chi connectivity index (χ3n) is 3.30. The van der Waals surface area contributed by atoms with Crippen LogP contribution in [-0.2, 0) is 0 Å². The number of hydrogen-bond donors (Lipinski definition) is 1. The Morgan fingerprint density at radius 3 is 2.58 bits per heavy atom. The fourth-order valence-electron chi connectivity index (χ4n) is 1.94. The lowest BCUT2D eigenvalue weighted by Crippen LogP contribution is -2.12. The fourth-order valence-corrected chi connectivity index (χ4v) is 1.94. The minimum atomic E-state index is -0.467. The van der Waals surface area contributed by atoms with Crippen molar-refractivity contribution in [3.05, 3.63) is 17.9 Å². The first-order valence-corrected chi connectivity index (χ1v) is 6.88. The van der Waals surface area contributed by atoms with E-state index in [2.05, 4.69) is 13.8 Å². The first kappa shape index (κ1) is 15.6. The standard InChI is InChI=1S/C15H24FNO2/c1-4-6-7-11(5-2)10-19-15-9-14(18-3)12(16)8-13(15)17/h8-9,11H,4-7,10,17H2,1-3H3. The third-order valence-corrected chi connectivity index (χ3v) is 3.30. The first-order chi connectivity index (χ1) is 9.12. The quantitative estimate of drug-likeness (QED) is 0.725. The average molecular weight is 269 g/mol. The minimum absolute atomic E-state index is 0.158. The minimum Gasteiger partial charge on any atom is -0.494 e. The maximum Gasteiger partial charge on any atom is 0.167 e. The lowest BCUT2D eigenvalue weighted by Gasteiger charge is -2.17. The van der Waals surface area contributed by atoms with Gasteiger partial charge in [0.15, 0.2) is 11.6 Å². The summed E-state index contributed by atoms with van der Waals surface area (Å²) in [6.07, 6.45) is 4.59. The highest BCUT2D eigenvalue weighted by Crippen LogP contribution is 2.30. The van der Waals surface area contributed by atoms with Crippen LogP contribution in [0.4, 0.5) is 10.1 Å². The Kier molecular flexibility index (Phi) is 6.46. The van der Waals surface area contributed by atoms with Gasteiger partial charge in [0.05, 0.1) is 19.4 Å². The zero-order chi connectivity index (χ0) is 14.3. The van der Waals surface area contributed by atoms with E-state index in [9.17, 15) is 4.39 Å². The number of anilines is 1. The number of hydrogen-bond acceptors (Lipinski definition) is 3. The zero-order valence-electron chi connectivity index (χ0n) is 12.0. The highest BCUT2D eigenvalue weighted by atomic mass is 19.1. The smallest absolute Gasteiger partial charge is 0.167 e. The molecule has 0 aromatic heterocycles. The van der Waals surface area contributed by atoms with Crippen molar-refractivity contribution in [1.29, 1.82) is 0 Å². The molecule has 0 heterocycles. The normalized spacial score (nSPS) is 12.2. The molecule has 1 aromatic carbocycles. The van der Waals surface area contributed by atoms with E-state index in [0.29, 0.717) is 24.0 Å². The van der Waals surface area contributed by atoms with Crippen molar-refractivity contribution in [2.45, 2.75) is 39.5 Å². The lowest BCUT2D eigenvalue weighted by atomic mass is 10.0. The van der Waals surface area contributed by atoms with Crippen LogP contribution >= 0.6 is 0 Å². The molecule has 1 aromatic rings. The number of ether oxygens (including phenoxy) is 2. The van der Waals surface area contributed by atoms with Gasteiger partial charge in [0.25, 0.3) is 0 Å². The van der Waals surface area contributed by atoms with E-state index >= 15 is 0 Å². The van der Waals surface area contributed by atoms with Gasteiger partial charge in [-0.2, -0.15) is 0 Å². The summed E-state index contributed by atoms with van der Waals surface area (Å²) in [5.41, 5.74) is 6.06. The maximum absolute atomic E-state index is 13.4. The number of nitrogens with two attached hydrogens (primary N) is 1. The van der Waals surface area contributed by atoms with Gasteiger partial charge < -0.3 is 15.2 Å². The highest BCUT2D eigenvalue weighted by Gasteiger charge is 2.12. The van der Waals surface area contributed by atoms with Gasteiger partial charge in [0.2, 0.25) is 0 Å². The lowest BCUT2D eigenvalue weighted by molar-refractivity contribution is 0.233. The molecule has 0 aliphatic rings. The molecule has 3 nitrogen and oxygen atoms in total. The van der Waals surface area contributed by atoms with Gasteiger partial charge in [-0.3, -0.25) is 0 Å². The monoisotopic (exact) mass is 269 g/mol. The van der Waals surface area contributed by atoms with Crippen LogP contribution in [0.3, 0.4) is 0 Å². The molecule has 108 valence electrons. The van der Waals surface area contributed by atoms with Crippen molar-refractivity contribution in [1.82, 2.24) is 0 Å². The molecule has 19 heavy (non-hydrogen) atoms. The molecule has 0 saturated heterocycles. The van der Waals surface area contributed by atoms with E-state index < -0.39 is 5.82 Å². The predicted octanol–water partition coefficient (Wildman–Crippen LogP) is 4.01. The van der Waals surface area contributed by atoms with Crippen molar-refractivity contribution < 1.29 is 13.9 Å². The van der Waals surface area contributed by atoms with Gasteiger partial charge in [-0.25, -0.2) is 4.39 Å². The molecule has 2 N–H and O–H groups in total. The van der Waals surface area contributed by atoms with Crippen LogP contribution in [0, 0.1) is 11.7 Å². The summed E-state index contributed by atoms with van der Waals surface area (Å²) in [5, 5.41) is 0. The van der Waals surface area contributed by atoms with Crippen LogP contribution in [0.15, 0.2) is 12.1 Å². The summed E-state index contributed by atoms with van der Waals surface area (Å²) < 4.78 is 24.0. The second-order valence-electron chi connectivity index (χ2n) is 4.75. The molecule has 0 fully saturated rings. The van der Waals surface area contributed by atoms with Crippen molar-refractivity contribution in [2.24, 2.45) is 5.92 Å². The van der Waals surface area contributed by atoms with E-state index in [1.807, 2.05) is 0 Å². The number of benzene rings is 1. The molecule has 1 atom stereocenters. The number of halogens is 1. The molecule has 4 heteroatoms. The van der Waals surface area contributed by atoms with Crippen LogP contribution in [0.2, 0.25) is 0 Å². The Balaban J connectivity index is 2.65. The molecule has 0 bridgehead atoms. The summed E-state index contributed by atoms with van der Waals surface area (Å²) >= 11 is 0. The molecular formula is C15H24FNO2. The first-order valence-electron chi connectivity index (χ1n) is 6.88. The largest absolute Gasteiger partial charge is 0.494 e. The Morgan fingerprint density at radius 2 is 2.00 bits per heavy atom. The molecule has 0 amide bonds. The Morgan fingerprint density at radius 1 is 1.26 bits per heavy atom. The molecule has 0 spiro atoms. The number of rotatable bonds is 8. The van der Waals surface area contributed by atoms with Crippen LogP contribution < -0.4 is 15.2 Å². The second kappa shape index (κ2) is 7.87. The van der Waals surface area contributed by atoms with E-state index in [-0.39, 0.29) is 5.75 Å². The van der Waals surface area contributed by atoms with Crippen molar-refractivity contribution >= 4 is 5.69 Å². The van der Waals surface area contributed by atoms with E-state index in [1.165, 1.54) is 32.1 Å². The summed E-state index contributed by atoms with van der Waals surface area (Å²) in [5.74, 6) is 0.694. The van der Waals surface area contributed by atoms with Crippen LogP contribution in [-0.4, -0.2) is 13.7 Å². The van der Waals surface area contributed by atoms with Gasteiger partial charge >= 0.3 is 0 Å². The van der Waals surface area contributed by atoms with Gasteiger partial charge in [-0.1, -0.05) is 33.1 Å². The van der Waals surface area contributed by atoms with Gasteiger partial charge in [-0.15, -0.1) is 0 Å². The van der Waals surface area contributed by atoms with Crippen molar-refractivity contribution in [3.63, 3.8) is 0 Å². The molecule has 0 saturated carbocycles. The topological polar surface area (TPSA) is 44.5 Å². The molecule has 1 rings (SSSR count). The van der Waals surface area contributed by atoms with E-state index in [4.69, 9.17) is 15.2 Å². The molecule has 1 unspecified atom stereocenters. The number of methoxy groups -OCH3 is 1. The Labute approximate surface area is 114 Å². The third kappa shape index (κ3) is 4.62. The van der Waals surface area contributed by atoms with Gasteiger partial charge in [0, 0.05) is 12.1 Å². The molecule has 0 aliphatic heterocycles. The van der Waals surface area contributed by atoms with E-state index in [1.54, 1.807) is 0 Å². The highest BCUT2D eigenvalue weighted by molar-refractivity contribution is 5.56. The predicted molar refractivity (Wildman–Crippen MR) is 76.2 cm³/mol. The Bertz CT molecular complexity index is 396.